The molecular weight excluding hydrogens is 218 g/mol. The van der Waals surface area contributed by atoms with Gasteiger partial charge in [-0.05, 0) is 27.5 Å². The zero-order valence-corrected chi connectivity index (χ0v) is 7.39. The summed E-state index contributed by atoms with van der Waals surface area (Å²) in [5.74, 6) is 0. The van der Waals surface area contributed by atoms with Crippen LogP contribution in [-0.4, -0.2) is 21.2 Å². The molecule has 0 spiro atoms. The molecule has 0 amide bonds. The summed E-state index contributed by atoms with van der Waals surface area (Å²) in [6.45, 7) is 0.171. The van der Waals surface area contributed by atoms with Crippen molar-refractivity contribution in [2.75, 3.05) is 6.54 Å². The number of halogens is 1. The third-order valence-electron chi connectivity index (χ3n) is 1.01. The lowest BCUT2D eigenvalue weighted by molar-refractivity contribution is 0.181. The third kappa shape index (κ3) is 1.51. The summed E-state index contributed by atoms with van der Waals surface area (Å²) in [6, 6.07) is 0. The number of aliphatic hydroxyl groups excluding tert-OH is 1. The van der Waals surface area contributed by atoms with E-state index >= 15 is 0 Å². The maximum absolute atomic E-state index is 9.15. The summed E-state index contributed by atoms with van der Waals surface area (Å²) < 4.78 is 4.36. The molecule has 6 heteroatoms. The van der Waals surface area contributed by atoms with Crippen LogP contribution >= 0.6 is 27.5 Å². The molecule has 0 bridgehead atoms. The fourth-order valence-electron chi connectivity index (χ4n) is 0.496. The van der Waals surface area contributed by atoms with Gasteiger partial charge in [-0.15, -0.1) is 5.10 Å². The number of aliphatic hydroxyl groups is 1. The highest BCUT2D eigenvalue weighted by Crippen LogP contribution is 2.23. The van der Waals surface area contributed by atoms with E-state index in [1.54, 1.807) is 0 Å². The van der Waals surface area contributed by atoms with Crippen molar-refractivity contribution in [3.63, 3.8) is 0 Å². The second kappa shape index (κ2) is 3.38. The number of aromatic nitrogens is 2. The molecule has 0 aliphatic rings. The Bertz CT molecular complexity index is 216. The Hall–Kier alpha value is -0.0400. The van der Waals surface area contributed by atoms with Crippen LogP contribution in [0.25, 0.3) is 0 Å². The Kier molecular flexibility index (Phi) is 2.72. The van der Waals surface area contributed by atoms with E-state index < -0.39 is 6.10 Å². The van der Waals surface area contributed by atoms with Gasteiger partial charge in [0.25, 0.3) is 0 Å². The van der Waals surface area contributed by atoms with Crippen molar-refractivity contribution in [3.05, 3.63) is 9.48 Å². The summed E-state index contributed by atoms with van der Waals surface area (Å²) in [6.07, 6.45) is -0.701. The highest BCUT2D eigenvalue weighted by Gasteiger charge is 2.12. The standard InChI is InChI=1S/C4H6BrN3OS/c5-4-3(2(9)1-6)7-8-10-4/h2,9H,1,6H2. The fraction of sp³-hybridized carbons (Fsp3) is 0.500. The Balaban J connectivity index is 2.82. The van der Waals surface area contributed by atoms with Crippen molar-refractivity contribution in [3.8, 4) is 0 Å². The fourth-order valence-corrected chi connectivity index (χ4v) is 1.50. The molecule has 1 atom stereocenters. The number of hydrogen-bond donors (Lipinski definition) is 2. The van der Waals surface area contributed by atoms with Crippen molar-refractivity contribution >= 4 is 27.5 Å². The van der Waals surface area contributed by atoms with Gasteiger partial charge in [-0.25, -0.2) is 0 Å². The first kappa shape index (κ1) is 8.06. The second-order valence-corrected chi connectivity index (χ2v) is 3.76. The zero-order chi connectivity index (χ0) is 7.56. The third-order valence-corrected chi connectivity index (χ3v) is 2.38. The molecular formula is C4H6BrN3OS. The summed E-state index contributed by atoms with van der Waals surface area (Å²) in [7, 11) is 0. The van der Waals surface area contributed by atoms with E-state index in [0.29, 0.717) is 5.69 Å². The Morgan fingerprint density at radius 3 is 2.90 bits per heavy atom. The maximum Gasteiger partial charge on any atom is 0.120 e. The number of rotatable bonds is 2. The molecule has 1 unspecified atom stereocenters. The quantitative estimate of drug-likeness (QED) is 0.757. The summed E-state index contributed by atoms with van der Waals surface area (Å²) in [5, 5.41) is 12.8. The first-order valence-electron chi connectivity index (χ1n) is 2.61. The number of nitrogens with two attached hydrogens (primary N) is 1. The molecule has 0 aliphatic heterocycles. The van der Waals surface area contributed by atoms with Crippen molar-refractivity contribution < 1.29 is 5.11 Å². The molecule has 10 heavy (non-hydrogen) atoms. The molecule has 1 rings (SSSR count). The van der Waals surface area contributed by atoms with Gasteiger partial charge < -0.3 is 10.8 Å². The van der Waals surface area contributed by atoms with Gasteiger partial charge in [0.15, 0.2) is 0 Å². The van der Waals surface area contributed by atoms with Crippen LogP contribution < -0.4 is 5.73 Å². The van der Waals surface area contributed by atoms with Crippen LogP contribution in [0.4, 0.5) is 0 Å². The molecule has 0 aliphatic carbocycles. The van der Waals surface area contributed by atoms with Gasteiger partial charge in [0.1, 0.15) is 15.6 Å². The van der Waals surface area contributed by atoms with Gasteiger partial charge in [0.2, 0.25) is 0 Å². The molecule has 1 heterocycles. The summed E-state index contributed by atoms with van der Waals surface area (Å²) >= 11 is 4.37. The highest BCUT2D eigenvalue weighted by atomic mass is 79.9. The SMILES string of the molecule is NCC(O)c1nnsc1Br. The number of hydrogen-bond acceptors (Lipinski definition) is 5. The Morgan fingerprint density at radius 1 is 1.80 bits per heavy atom. The smallest absolute Gasteiger partial charge is 0.120 e. The predicted molar refractivity (Wildman–Crippen MR) is 41.6 cm³/mol. The Morgan fingerprint density at radius 2 is 2.50 bits per heavy atom. The summed E-state index contributed by atoms with van der Waals surface area (Å²) in [5.41, 5.74) is 5.72. The normalized spacial score (nSPS) is 13.5. The van der Waals surface area contributed by atoms with Gasteiger partial charge in [0, 0.05) is 6.54 Å². The first-order chi connectivity index (χ1) is 4.75. The van der Waals surface area contributed by atoms with E-state index in [4.69, 9.17) is 10.8 Å². The van der Waals surface area contributed by atoms with Gasteiger partial charge >= 0.3 is 0 Å². The van der Waals surface area contributed by atoms with E-state index in [-0.39, 0.29) is 6.54 Å². The molecule has 0 radical (unpaired) electrons. The number of nitrogens with zero attached hydrogens (tertiary/aromatic N) is 2. The van der Waals surface area contributed by atoms with E-state index in [9.17, 15) is 0 Å². The topological polar surface area (TPSA) is 72.0 Å². The van der Waals surface area contributed by atoms with Crippen molar-refractivity contribution in [2.45, 2.75) is 6.10 Å². The minimum absolute atomic E-state index is 0.171. The highest BCUT2D eigenvalue weighted by molar-refractivity contribution is 9.11. The van der Waals surface area contributed by atoms with Crippen LogP contribution in [0.3, 0.4) is 0 Å². The first-order valence-corrected chi connectivity index (χ1v) is 4.18. The van der Waals surface area contributed by atoms with Crippen molar-refractivity contribution in [1.29, 1.82) is 0 Å². The molecule has 0 aromatic carbocycles. The lowest BCUT2D eigenvalue weighted by Crippen LogP contribution is -2.12. The minimum Gasteiger partial charge on any atom is -0.385 e. The van der Waals surface area contributed by atoms with Gasteiger partial charge in [-0.1, -0.05) is 4.49 Å². The van der Waals surface area contributed by atoms with Crippen molar-refractivity contribution in [2.24, 2.45) is 5.73 Å². The van der Waals surface area contributed by atoms with Gasteiger partial charge in [0.05, 0.1) is 0 Å². The lowest BCUT2D eigenvalue weighted by atomic mass is 10.3. The molecule has 3 N–H and O–H groups in total. The summed E-state index contributed by atoms with van der Waals surface area (Å²) in [4.78, 5) is 0. The second-order valence-electron chi connectivity index (χ2n) is 1.68. The lowest BCUT2D eigenvalue weighted by Gasteiger charge is -2.01. The molecule has 0 fully saturated rings. The van der Waals surface area contributed by atoms with Gasteiger partial charge in [-0.3, -0.25) is 0 Å². The van der Waals surface area contributed by atoms with Crippen LogP contribution in [-0.2, 0) is 0 Å². The van der Waals surface area contributed by atoms with Crippen LogP contribution in [0, 0.1) is 0 Å². The van der Waals surface area contributed by atoms with Crippen LogP contribution in [0.2, 0.25) is 0 Å². The van der Waals surface area contributed by atoms with Gasteiger partial charge in [-0.2, -0.15) is 0 Å². The van der Waals surface area contributed by atoms with E-state index in [0.717, 1.165) is 3.79 Å². The van der Waals surface area contributed by atoms with E-state index in [1.807, 2.05) is 0 Å². The maximum atomic E-state index is 9.15. The predicted octanol–water partition coefficient (Wildman–Crippen LogP) is 0.293. The molecule has 56 valence electrons. The van der Waals surface area contributed by atoms with Crippen LogP contribution in [0.15, 0.2) is 3.79 Å². The molecule has 1 aromatic rings. The average Bonchev–Trinajstić information content (AvgIpc) is 2.34. The molecule has 0 saturated carbocycles. The van der Waals surface area contributed by atoms with Crippen LogP contribution in [0.5, 0.6) is 0 Å². The van der Waals surface area contributed by atoms with E-state index in [1.165, 1.54) is 11.5 Å². The molecule has 4 nitrogen and oxygen atoms in total. The molecule has 1 aromatic heterocycles. The monoisotopic (exact) mass is 223 g/mol. The zero-order valence-electron chi connectivity index (χ0n) is 4.99. The minimum atomic E-state index is -0.701. The van der Waals surface area contributed by atoms with Crippen LogP contribution in [0.1, 0.15) is 11.8 Å². The van der Waals surface area contributed by atoms with Crippen molar-refractivity contribution in [1.82, 2.24) is 9.59 Å². The van der Waals surface area contributed by atoms with E-state index in [2.05, 4.69) is 25.5 Å². The Labute approximate surface area is 70.4 Å². The average molecular weight is 224 g/mol. The largest absolute Gasteiger partial charge is 0.385 e. The molecule has 0 saturated heterocycles.